The van der Waals surface area contributed by atoms with Gasteiger partial charge in [0.2, 0.25) is 0 Å². The molecule has 0 atom stereocenters. The molecule has 0 nitrogen and oxygen atoms in total. The molecule has 0 aliphatic rings. The van der Waals surface area contributed by atoms with Gasteiger partial charge in [-0.3, -0.25) is 0 Å². The highest BCUT2D eigenvalue weighted by Crippen LogP contribution is 2.14. The summed E-state index contributed by atoms with van der Waals surface area (Å²) < 4.78 is 0. The first-order chi connectivity index (χ1) is 4.95. The molecule has 11 heavy (non-hydrogen) atoms. The molecule has 0 N–H and O–H groups in total. The van der Waals surface area contributed by atoms with Crippen LogP contribution in [0.1, 0.15) is 27.7 Å². The van der Waals surface area contributed by atoms with Crippen molar-refractivity contribution in [2.45, 2.75) is 27.7 Å². The zero-order valence-electron chi connectivity index (χ0n) is 8.07. The minimum Gasteiger partial charge on any atom is -0.0958 e. The van der Waals surface area contributed by atoms with E-state index < -0.39 is 0 Å². The molecule has 0 saturated heterocycles. The lowest BCUT2D eigenvalue weighted by molar-refractivity contribution is 0.793. The van der Waals surface area contributed by atoms with Gasteiger partial charge in [0.1, 0.15) is 0 Å². The normalized spacial score (nSPS) is 11.9. The molecule has 0 saturated carbocycles. The van der Waals surface area contributed by atoms with Gasteiger partial charge >= 0.3 is 0 Å². The third-order valence-electron chi connectivity index (χ3n) is 1.82. The van der Waals surface area contributed by atoms with Crippen molar-refractivity contribution in [3.63, 3.8) is 0 Å². The van der Waals surface area contributed by atoms with Crippen LogP contribution in [0.25, 0.3) is 0 Å². The van der Waals surface area contributed by atoms with E-state index in [9.17, 15) is 0 Å². The van der Waals surface area contributed by atoms with Gasteiger partial charge in [-0.05, 0) is 25.3 Å². The van der Waals surface area contributed by atoms with Crippen LogP contribution in [-0.2, 0) is 0 Å². The van der Waals surface area contributed by atoms with E-state index in [0.29, 0.717) is 5.92 Å². The van der Waals surface area contributed by atoms with Crippen molar-refractivity contribution in [3.8, 4) is 0 Å². The van der Waals surface area contributed by atoms with E-state index >= 15 is 0 Å². The van der Waals surface area contributed by atoms with Crippen LogP contribution in [0.5, 0.6) is 0 Å². The van der Waals surface area contributed by atoms with E-state index in [-0.39, 0.29) is 0 Å². The van der Waals surface area contributed by atoms with Crippen molar-refractivity contribution in [1.29, 1.82) is 0 Å². The minimum absolute atomic E-state index is 0.532. The highest BCUT2D eigenvalue weighted by Gasteiger charge is 1.96. The Hall–Kier alpha value is -0.780. The maximum atomic E-state index is 3.96. The Balaban J connectivity index is 4.32. The predicted molar refractivity (Wildman–Crippen MR) is 52.5 cm³/mol. The summed E-state index contributed by atoms with van der Waals surface area (Å²) in [4.78, 5) is 0. The Morgan fingerprint density at radius 1 is 1.18 bits per heavy atom. The van der Waals surface area contributed by atoms with Crippen LogP contribution >= 0.6 is 0 Å². The average molecular weight is 150 g/mol. The van der Waals surface area contributed by atoms with Gasteiger partial charge in [-0.15, -0.1) is 0 Å². The second-order valence-electron chi connectivity index (χ2n) is 3.34. The molecule has 0 unspecified atom stereocenters. The van der Waals surface area contributed by atoms with Crippen LogP contribution in [0.2, 0.25) is 0 Å². The monoisotopic (exact) mass is 150 g/mol. The lowest BCUT2D eigenvalue weighted by Gasteiger charge is -2.05. The molecule has 62 valence electrons. The summed E-state index contributed by atoms with van der Waals surface area (Å²) in [7, 11) is 0. The van der Waals surface area contributed by atoms with Crippen molar-refractivity contribution in [1.82, 2.24) is 0 Å². The molecule has 0 aliphatic heterocycles. The van der Waals surface area contributed by atoms with Gasteiger partial charge in [0.25, 0.3) is 0 Å². The Labute approximate surface area is 70.3 Å². The second-order valence-corrected chi connectivity index (χ2v) is 3.34. The minimum atomic E-state index is 0.532. The van der Waals surface area contributed by atoms with Gasteiger partial charge in [0, 0.05) is 0 Å². The molecule has 0 radical (unpaired) electrons. The highest BCUT2D eigenvalue weighted by molar-refractivity contribution is 5.32. The summed E-state index contributed by atoms with van der Waals surface area (Å²) in [5, 5.41) is 0. The van der Waals surface area contributed by atoms with Crippen molar-refractivity contribution in [2.24, 2.45) is 5.92 Å². The van der Waals surface area contributed by atoms with Crippen LogP contribution in [0.3, 0.4) is 0 Å². The van der Waals surface area contributed by atoms with E-state index in [1.807, 2.05) is 6.92 Å². The first-order valence-electron chi connectivity index (χ1n) is 3.98. The number of hydrogen-bond donors (Lipinski definition) is 0. The zero-order valence-corrected chi connectivity index (χ0v) is 8.07. The first kappa shape index (κ1) is 10.2. The fourth-order valence-corrected chi connectivity index (χ4v) is 0.568. The third kappa shape index (κ3) is 3.82. The number of allylic oxidation sites excluding steroid dienone is 4. The summed E-state index contributed by atoms with van der Waals surface area (Å²) in [6.45, 7) is 16.2. The third-order valence-corrected chi connectivity index (χ3v) is 1.82. The van der Waals surface area contributed by atoms with Gasteiger partial charge in [0.05, 0.1) is 0 Å². The molecular formula is C11H18. The van der Waals surface area contributed by atoms with Gasteiger partial charge in [-0.2, -0.15) is 0 Å². The predicted octanol–water partition coefficient (Wildman–Crippen LogP) is 3.72. The van der Waals surface area contributed by atoms with Gasteiger partial charge in [-0.25, -0.2) is 0 Å². The fraction of sp³-hybridized carbons (Fsp3) is 0.455. The van der Waals surface area contributed by atoms with Crippen molar-refractivity contribution < 1.29 is 0 Å². The van der Waals surface area contributed by atoms with Crippen molar-refractivity contribution in [2.75, 3.05) is 0 Å². The molecular weight excluding hydrogens is 132 g/mol. The van der Waals surface area contributed by atoms with E-state index in [0.717, 1.165) is 5.57 Å². The number of hydrogen-bond acceptors (Lipinski definition) is 0. The SMILES string of the molecule is C=C(C)/C(C)=C\C(=C)C(C)C. The van der Waals surface area contributed by atoms with E-state index in [1.54, 1.807) is 0 Å². The molecule has 0 aliphatic carbocycles. The summed E-state index contributed by atoms with van der Waals surface area (Å²) in [6, 6.07) is 0. The molecule has 0 aromatic heterocycles. The molecule has 0 spiro atoms. The Bertz CT molecular complexity index is 192. The zero-order chi connectivity index (χ0) is 9.02. The number of rotatable bonds is 3. The van der Waals surface area contributed by atoms with E-state index in [4.69, 9.17) is 0 Å². The molecule has 0 heterocycles. The molecule has 0 bridgehead atoms. The van der Waals surface area contributed by atoms with Crippen LogP contribution < -0.4 is 0 Å². The van der Waals surface area contributed by atoms with Gasteiger partial charge in [0.15, 0.2) is 0 Å². The molecule has 0 fully saturated rings. The summed E-state index contributed by atoms with van der Waals surface area (Å²) in [6.07, 6.45) is 2.10. The van der Waals surface area contributed by atoms with Crippen LogP contribution in [-0.4, -0.2) is 0 Å². The smallest absolute Gasteiger partial charge is 0.0225 e. The molecule has 0 amide bonds. The summed E-state index contributed by atoms with van der Waals surface area (Å²) >= 11 is 0. The molecule has 0 rings (SSSR count). The van der Waals surface area contributed by atoms with Gasteiger partial charge < -0.3 is 0 Å². The first-order valence-corrected chi connectivity index (χ1v) is 3.98. The van der Waals surface area contributed by atoms with E-state index in [2.05, 4.69) is 40.0 Å². The fourth-order valence-electron chi connectivity index (χ4n) is 0.568. The summed E-state index contributed by atoms with van der Waals surface area (Å²) in [5.41, 5.74) is 3.51. The molecule has 0 aromatic rings. The Morgan fingerprint density at radius 2 is 1.64 bits per heavy atom. The Morgan fingerprint density at radius 3 is 1.91 bits per heavy atom. The van der Waals surface area contributed by atoms with Gasteiger partial charge in [-0.1, -0.05) is 44.2 Å². The standard InChI is InChI=1S/C11H18/c1-8(2)10(5)7-11(6)9(3)4/h7,9H,1,6H2,2-5H3/b10-7-. The maximum absolute atomic E-state index is 3.96. The Kier molecular flexibility index (Phi) is 3.88. The van der Waals surface area contributed by atoms with Crippen molar-refractivity contribution in [3.05, 3.63) is 36.0 Å². The lowest BCUT2D eigenvalue weighted by atomic mass is 10.0. The topological polar surface area (TPSA) is 0 Å². The average Bonchev–Trinajstić information content (AvgIpc) is 1.87. The second kappa shape index (κ2) is 4.17. The van der Waals surface area contributed by atoms with Crippen LogP contribution in [0.4, 0.5) is 0 Å². The van der Waals surface area contributed by atoms with Crippen LogP contribution in [0, 0.1) is 5.92 Å². The quantitative estimate of drug-likeness (QED) is 0.538. The largest absolute Gasteiger partial charge is 0.0958 e. The van der Waals surface area contributed by atoms with Crippen LogP contribution in [0.15, 0.2) is 36.0 Å². The van der Waals surface area contributed by atoms with Crippen molar-refractivity contribution >= 4 is 0 Å². The molecule has 0 heteroatoms. The summed E-state index contributed by atoms with van der Waals surface area (Å²) in [5.74, 6) is 0.532. The maximum Gasteiger partial charge on any atom is -0.0225 e. The highest BCUT2D eigenvalue weighted by atomic mass is 14.0. The lowest BCUT2D eigenvalue weighted by Crippen LogP contribution is -1.89. The molecule has 0 aromatic carbocycles. The van der Waals surface area contributed by atoms with E-state index in [1.165, 1.54) is 11.1 Å².